The van der Waals surface area contributed by atoms with E-state index in [1.165, 1.54) is 5.56 Å². The van der Waals surface area contributed by atoms with Crippen molar-refractivity contribution < 1.29 is 5.11 Å². The van der Waals surface area contributed by atoms with Gasteiger partial charge >= 0.3 is 0 Å². The molecule has 2 heteroatoms. The van der Waals surface area contributed by atoms with Gasteiger partial charge in [-0.1, -0.05) is 41.9 Å². The SMILES string of the molecule is C=CCC(c1ccc(O)cc1)c1ccc(Cl)cc1. The van der Waals surface area contributed by atoms with E-state index in [2.05, 4.69) is 6.58 Å². The van der Waals surface area contributed by atoms with Crippen molar-refractivity contribution >= 4 is 11.6 Å². The highest BCUT2D eigenvalue weighted by Crippen LogP contribution is 2.30. The number of aromatic hydroxyl groups is 1. The van der Waals surface area contributed by atoms with Crippen molar-refractivity contribution in [2.24, 2.45) is 0 Å². The number of phenolic OH excluding ortho intramolecular Hbond substituents is 1. The molecule has 1 atom stereocenters. The third-order valence-corrected chi connectivity index (χ3v) is 3.22. The van der Waals surface area contributed by atoms with E-state index in [1.807, 2.05) is 42.5 Å². The number of rotatable bonds is 4. The van der Waals surface area contributed by atoms with E-state index in [9.17, 15) is 5.11 Å². The highest BCUT2D eigenvalue weighted by molar-refractivity contribution is 6.30. The second-order valence-corrected chi connectivity index (χ2v) is 4.66. The summed E-state index contributed by atoms with van der Waals surface area (Å²) in [6, 6.07) is 15.2. The zero-order valence-electron chi connectivity index (χ0n) is 10.0. The molecule has 0 saturated heterocycles. The molecule has 0 aromatic heterocycles. The third-order valence-electron chi connectivity index (χ3n) is 2.97. The van der Waals surface area contributed by atoms with E-state index in [0.717, 1.165) is 17.0 Å². The lowest BCUT2D eigenvalue weighted by Crippen LogP contribution is -1.99. The molecule has 2 rings (SSSR count). The largest absolute Gasteiger partial charge is 0.508 e. The quantitative estimate of drug-likeness (QED) is 0.785. The average Bonchev–Trinajstić information content (AvgIpc) is 2.39. The van der Waals surface area contributed by atoms with E-state index in [-0.39, 0.29) is 11.7 Å². The molecule has 0 amide bonds. The number of hydrogen-bond acceptors (Lipinski definition) is 1. The Labute approximate surface area is 112 Å². The van der Waals surface area contributed by atoms with Crippen molar-refractivity contribution in [3.8, 4) is 5.75 Å². The molecular formula is C16H15ClO. The molecule has 0 aliphatic heterocycles. The van der Waals surface area contributed by atoms with E-state index >= 15 is 0 Å². The molecule has 0 heterocycles. The number of halogens is 1. The van der Waals surface area contributed by atoms with Crippen LogP contribution >= 0.6 is 11.6 Å². The van der Waals surface area contributed by atoms with Crippen molar-refractivity contribution in [1.29, 1.82) is 0 Å². The lowest BCUT2D eigenvalue weighted by molar-refractivity contribution is 0.475. The molecule has 1 unspecified atom stereocenters. The number of benzene rings is 2. The maximum Gasteiger partial charge on any atom is 0.115 e. The van der Waals surface area contributed by atoms with Gasteiger partial charge in [0.1, 0.15) is 5.75 Å². The van der Waals surface area contributed by atoms with Crippen LogP contribution in [-0.4, -0.2) is 5.11 Å². The molecule has 2 aromatic rings. The van der Waals surface area contributed by atoms with Gasteiger partial charge in [0, 0.05) is 10.9 Å². The fourth-order valence-corrected chi connectivity index (χ4v) is 2.16. The van der Waals surface area contributed by atoms with Crippen molar-refractivity contribution in [2.45, 2.75) is 12.3 Å². The minimum atomic E-state index is 0.250. The van der Waals surface area contributed by atoms with Gasteiger partial charge in [-0.3, -0.25) is 0 Å². The molecule has 92 valence electrons. The molecule has 0 spiro atoms. The predicted molar refractivity (Wildman–Crippen MR) is 76.2 cm³/mol. The molecule has 1 N–H and O–H groups in total. The second-order valence-electron chi connectivity index (χ2n) is 4.22. The fourth-order valence-electron chi connectivity index (χ4n) is 2.03. The number of allylic oxidation sites excluding steroid dienone is 1. The van der Waals surface area contributed by atoms with Gasteiger partial charge in [-0.15, -0.1) is 6.58 Å². The van der Waals surface area contributed by atoms with E-state index in [0.29, 0.717) is 0 Å². The average molecular weight is 259 g/mol. The van der Waals surface area contributed by atoms with Crippen LogP contribution in [0.3, 0.4) is 0 Å². The van der Waals surface area contributed by atoms with Crippen molar-refractivity contribution in [2.75, 3.05) is 0 Å². The summed E-state index contributed by atoms with van der Waals surface area (Å²) in [5, 5.41) is 10.1. The Balaban J connectivity index is 2.35. The Hall–Kier alpha value is -1.73. The van der Waals surface area contributed by atoms with E-state index in [1.54, 1.807) is 12.1 Å². The first-order chi connectivity index (χ1) is 8.70. The molecule has 0 aliphatic carbocycles. The zero-order chi connectivity index (χ0) is 13.0. The minimum absolute atomic E-state index is 0.250. The van der Waals surface area contributed by atoms with Crippen LogP contribution in [0.25, 0.3) is 0 Å². The Kier molecular flexibility index (Phi) is 4.06. The van der Waals surface area contributed by atoms with Gasteiger partial charge in [0.2, 0.25) is 0 Å². The highest BCUT2D eigenvalue weighted by atomic mass is 35.5. The van der Waals surface area contributed by atoms with Gasteiger partial charge < -0.3 is 5.11 Å². The second kappa shape index (κ2) is 5.74. The Bertz CT molecular complexity index is 468. The molecule has 0 fully saturated rings. The molecule has 0 bridgehead atoms. The van der Waals surface area contributed by atoms with Crippen molar-refractivity contribution in [1.82, 2.24) is 0 Å². The van der Waals surface area contributed by atoms with E-state index < -0.39 is 0 Å². The Morgan fingerprint density at radius 1 is 1.00 bits per heavy atom. The zero-order valence-corrected chi connectivity index (χ0v) is 10.8. The maximum absolute atomic E-state index is 9.34. The summed E-state index contributed by atoms with van der Waals surface area (Å²) in [6.07, 6.45) is 2.76. The molecule has 2 aromatic carbocycles. The maximum atomic E-state index is 9.34. The Morgan fingerprint density at radius 3 is 2.00 bits per heavy atom. The molecule has 0 aliphatic rings. The first-order valence-electron chi connectivity index (χ1n) is 5.86. The normalized spacial score (nSPS) is 12.1. The minimum Gasteiger partial charge on any atom is -0.508 e. The Morgan fingerprint density at radius 2 is 1.50 bits per heavy atom. The molecule has 1 nitrogen and oxygen atoms in total. The van der Waals surface area contributed by atoms with Gasteiger partial charge in [-0.05, 0) is 41.8 Å². The molecular weight excluding hydrogens is 244 g/mol. The number of phenols is 1. The van der Waals surface area contributed by atoms with Crippen molar-refractivity contribution in [3.63, 3.8) is 0 Å². The van der Waals surface area contributed by atoms with Crippen LogP contribution in [0, 0.1) is 0 Å². The lowest BCUT2D eigenvalue weighted by Gasteiger charge is -2.16. The molecule has 18 heavy (non-hydrogen) atoms. The summed E-state index contributed by atoms with van der Waals surface area (Å²) in [4.78, 5) is 0. The van der Waals surface area contributed by atoms with Crippen molar-refractivity contribution in [3.05, 3.63) is 77.3 Å². The topological polar surface area (TPSA) is 20.2 Å². The van der Waals surface area contributed by atoms with Crippen LogP contribution in [0.4, 0.5) is 0 Å². The lowest BCUT2D eigenvalue weighted by atomic mass is 9.88. The van der Waals surface area contributed by atoms with Crippen LogP contribution < -0.4 is 0 Å². The van der Waals surface area contributed by atoms with E-state index in [4.69, 9.17) is 11.6 Å². The fraction of sp³-hybridized carbons (Fsp3) is 0.125. The summed E-state index contributed by atoms with van der Waals surface area (Å²) < 4.78 is 0. The summed E-state index contributed by atoms with van der Waals surface area (Å²) in [7, 11) is 0. The van der Waals surface area contributed by atoms with Gasteiger partial charge in [0.25, 0.3) is 0 Å². The summed E-state index contributed by atoms with van der Waals surface area (Å²) >= 11 is 5.91. The van der Waals surface area contributed by atoms with Crippen LogP contribution in [0.2, 0.25) is 5.02 Å². The van der Waals surface area contributed by atoms with Gasteiger partial charge in [-0.25, -0.2) is 0 Å². The summed E-state index contributed by atoms with van der Waals surface area (Å²) in [5.41, 5.74) is 2.36. The van der Waals surface area contributed by atoms with Crippen LogP contribution in [0.5, 0.6) is 5.75 Å². The predicted octanol–water partition coefficient (Wildman–Crippen LogP) is 4.75. The first-order valence-corrected chi connectivity index (χ1v) is 6.24. The molecule has 0 radical (unpaired) electrons. The van der Waals surface area contributed by atoms with Crippen LogP contribution in [0.15, 0.2) is 61.2 Å². The smallest absolute Gasteiger partial charge is 0.115 e. The third kappa shape index (κ3) is 2.93. The van der Waals surface area contributed by atoms with Gasteiger partial charge in [0.15, 0.2) is 0 Å². The monoisotopic (exact) mass is 258 g/mol. The van der Waals surface area contributed by atoms with Crippen LogP contribution in [-0.2, 0) is 0 Å². The summed E-state index contributed by atoms with van der Waals surface area (Å²) in [6.45, 7) is 3.81. The molecule has 0 saturated carbocycles. The van der Waals surface area contributed by atoms with Crippen LogP contribution in [0.1, 0.15) is 23.5 Å². The number of hydrogen-bond donors (Lipinski definition) is 1. The summed E-state index contributed by atoms with van der Waals surface area (Å²) in [5.74, 6) is 0.535. The first kappa shape index (κ1) is 12.7. The van der Waals surface area contributed by atoms with Gasteiger partial charge in [0.05, 0.1) is 0 Å². The van der Waals surface area contributed by atoms with Gasteiger partial charge in [-0.2, -0.15) is 0 Å². The standard InChI is InChI=1S/C16H15ClO/c1-2-3-16(12-4-8-14(17)9-5-12)13-6-10-15(18)11-7-13/h2,4-11,16,18H,1,3H2. The highest BCUT2D eigenvalue weighted by Gasteiger charge is 2.12.